The van der Waals surface area contributed by atoms with Gasteiger partial charge in [0.25, 0.3) is 0 Å². The molecule has 0 unspecified atom stereocenters. The van der Waals surface area contributed by atoms with Gasteiger partial charge in [0.2, 0.25) is 0 Å². The highest BCUT2D eigenvalue weighted by Gasteiger charge is 2.25. The van der Waals surface area contributed by atoms with Crippen LogP contribution in [0.4, 0.5) is 4.79 Å². The maximum absolute atomic E-state index is 11.6. The number of ether oxygens (including phenoxy) is 3. The summed E-state index contributed by atoms with van der Waals surface area (Å²) in [6, 6.07) is 8.14. The van der Waals surface area contributed by atoms with Crippen LogP contribution in [0.2, 0.25) is 0 Å². The van der Waals surface area contributed by atoms with Gasteiger partial charge in [-0.2, -0.15) is 0 Å². The molecule has 8 heteroatoms. The topological polar surface area (TPSA) is 117 Å². The van der Waals surface area contributed by atoms with Gasteiger partial charge in [0.15, 0.2) is 0 Å². The fourth-order valence-electron chi connectivity index (χ4n) is 1.92. The number of hydrogen-bond acceptors (Lipinski definition) is 7. The van der Waals surface area contributed by atoms with Crippen molar-refractivity contribution in [3.63, 3.8) is 0 Å². The largest absolute Gasteiger partial charge is 0.468 e. The van der Waals surface area contributed by atoms with Crippen molar-refractivity contribution in [3.8, 4) is 0 Å². The van der Waals surface area contributed by atoms with Crippen molar-refractivity contribution in [2.24, 2.45) is 17.6 Å². The molecule has 0 spiro atoms. The zero-order valence-corrected chi connectivity index (χ0v) is 17.4. The Labute approximate surface area is 166 Å². The van der Waals surface area contributed by atoms with Gasteiger partial charge in [0.1, 0.15) is 18.7 Å². The highest BCUT2D eigenvalue weighted by molar-refractivity contribution is 5.81. The number of hydrogen-bond donors (Lipinski definition) is 2. The molecule has 0 heterocycles. The van der Waals surface area contributed by atoms with Crippen molar-refractivity contribution in [3.05, 3.63) is 35.9 Å². The van der Waals surface area contributed by atoms with Crippen molar-refractivity contribution >= 4 is 18.0 Å². The fraction of sp³-hybridized carbons (Fsp3) is 0.550. The van der Waals surface area contributed by atoms with Gasteiger partial charge in [-0.15, -0.1) is 0 Å². The van der Waals surface area contributed by atoms with Crippen LogP contribution in [0.25, 0.3) is 0 Å². The van der Waals surface area contributed by atoms with E-state index in [1.54, 1.807) is 0 Å². The third-order valence-corrected chi connectivity index (χ3v) is 3.80. The minimum atomic E-state index is -0.701. The summed E-state index contributed by atoms with van der Waals surface area (Å²) in [7, 11) is 2.62. The summed E-state index contributed by atoms with van der Waals surface area (Å²) >= 11 is 0. The van der Waals surface area contributed by atoms with Gasteiger partial charge >= 0.3 is 18.0 Å². The highest BCUT2D eigenvalue weighted by Crippen LogP contribution is 2.05. The van der Waals surface area contributed by atoms with Gasteiger partial charge < -0.3 is 25.3 Å². The highest BCUT2D eigenvalue weighted by atomic mass is 16.6. The molecule has 0 aliphatic heterocycles. The Morgan fingerprint density at radius 2 is 1.46 bits per heavy atom. The lowest BCUT2D eigenvalue weighted by molar-refractivity contribution is -0.144. The van der Waals surface area contributed by atoms with E-state index in [1.165, 1.54) is 14.2 Å². The van der Waals surface area contributed by atoms with E-state index in [4.69, 9.17) is 10.5 Å². The summed E-state index contributed by atoms with van der Waals surface area (Å²) in [6.07, 6.45) is -0.632. The molecule has 8 nitrogen and oxygen atoms in total. The number of nitrogens with two attached hydrogens (primary N) is 1. The molecule has 0 aromatic heterocycles. The second-order valence-corrected chi connectivity index (χ2v) is 6.74. The lowest BCUT2D eigenvalue weighted by Crippen LogP contribution is -2.45. The maximum Gasteiger partial charge on any atom is 0.408 e. The zero-order chi connectivity index (χ0) is 21.7. The van der Waals surface area contributed by atoms with Crippen LogP contribution in [0.5, 0.6) is 0 Å². The molecule has 2 atom stereocenters. The molecule has 0 saturated carbocycles. The number of carbonyl (C=O) groups is 3. The summed E-state index contributed by atoms with van der Waals surface area (Å²) in [4.78, 5) is 33.7. The third-order valence-electron chi connectivity index (χ3n) is 3.80. The monoisotopic (exact) mass is 396 g/mol. The second kappa shape index (κ2) is 13.5. The van der Waals surface area contributed by atoms with E-state index in [-0.39, 0.29) is 24.4 Å². The van der Waals surface area contributed by atoms with E-state index in [1.807, 2.05) is 58.0 Å². The van der Waals surface area contributed by atoms with Gasteiger partial charge in [-0.1, -0.05) is 58.0 Å². The Kier molecular flexibility index (Phi) is 12.3. The molecular formula is C20H32N2O6. The zero-order valence-electron chi connectivity index (χ0n) is 17.4. The van der Waals surface area contributed by atoms with Gasteiger partial charge in [-0.3, -0.25) is 4.79 Å². The van der Waals surface area contributed by atoms with Crippen LogP contribution in [-0.4, -0.2) is 44.3 Å². The van der Waals surface area contributed by atoms with Crippen LogP contribution in [0.3, 0.4) is 0 Å². The SMILES string of the molecule is COC(=O)[C@@H](N)C(C)C.COC(=O)[C@@H](NC(=O)OCc1ccccc1)C(C)C. The van der Waals surface area contributed by atoms with E-state index < -0.39 is 24.1 Å². The quantitative estimate of drug-likeness (QED) is 0.536. The predicted octanol–water partition coefficient (Wildman–Crippen LogP) is 2.25. The first kappa shape index (κ1) is 25.4. The second-order valence-electron chi connectivity index (χ2n) is 6.74. The minimum Gasteiger partial charge on any atom is -0.468 e. The Bertz CT molecular complexity index is 604. The van der Waals surface area contributed by atoms with Crippen LogP contribution in [0, 0.1) is 11.8 Å². The summed E-state index contributed by atoms with van der Waals surface area (Å²) in [5.41, 5.74) is 6.28. The third kappa shape index (κ3) is 9.91. The number of rotatable bonds is 7. The molecule has 1 amide bonds. The van der Waals surface area contributed by atoms with Gasteiger partial charge in [-0.25, -0.2) is 9.59 Å². The first-order valence-corrected chi connectivity index (χ1v) is 9.02. The average molecular weight is 396 g/mol. The van der Waals surface area contributed by atoms with Crippen LogP contribution < -0.4 is 11.1 Å². The molecule has 1 aromatic rings. The lowest BCUT2D eigenvalue weighted by Gasteiger charge is -2.19. The molecule has 1 aromatic carbocycles. The molecule has 0 radical (unpaired) electrons. The van der Waals surface area contributed by atoms with Gasteiger partial charge in [-0.05, 0) is 17.4 Å². The first-order chi connectivity index (χ1) is 13.1. The van der Waals surface area contributed by atoms with Crippen molar-refractivity contribution in [1.29, 1.82) is 0 Å². The minimum absolute atomic E-state index is 0.0725. The normalized spacial score (nSPS) is 12.3. The van der Waals surface area contributed by atoms with E-state index >= 15 is 0 Å². The number of amides is 1. The summed E-state index contributed by atoms with van der Waals surface area (Å²) in [5.74, 6) is -0.745. The number of methoxy groups -OCH3 is 2. The Hall–Kier alpha value is -2.61. The molecule has 1 rings (SSSR count). The molecule has 0 aliphatic rings. The molecule has 3 N–H and O–H groups in total. The van der Waals surface area contributed by atoms with Crippen LogP contribution in [-0.2, 0) is 30.4 Å². The molecule has 0 aliphatic carbocycles. The summed E-state index contributed by atoms with van der Waals surface area (Å²) in [5, 5.41) is 2.50. The van der Waals surface area contributed by atoms with Crippen LogP contribution >= 0.6 is 0 Å². The molecular weight excluding hydrogens is 364 g/mol. The van der Waals surface area contributed by atoms with Gasteiger partial charge in [0.05, 0.1) is 14.2 Å². The van der Waals surface area contributed by atoms with Crippen LogP contribution in [0.15, 0.2) is 30.3 Å². The molecule has 0 fully saturated rings. The molecule has 0 bridgehead atoms. The number of alkyl carbamates (subject to hydrolysis) is 1. The summed E-state index contributed by atoms with van der Waals surface area (Å²) in [6.45, 7) is 7.56. The Morgan fingerprint density at radius 1 is 0.929 bits per heavy atom. The van der Waals surface area contributed by atoms with Crippen molar-refractivity contribution < 1.29 is 28.6 Å². The Balaban J connectivity index is 0.000000684. The van der Waals surface area contributed by atoms with Crippen molar-refractivity contribution in [2.75, 3.05) is 14.2 Å². The number of nitrogens with one attached hydrogen (secondary N) is 1. The maximum atomic E-state index is 11.6. The number of esters is 2. The predicted molar refractivity (Wildman–Crippen MR) is 105 cm³/mol. The first-order valence-electron chi connectivity index (χ1n) is 9.02. The molecule has 158 valence electrons. The van der Waals surface area contributed by atoms with Crippen molar-refractivity contribution in [1.82, 2.24) is 5.32 Å². The van der Waals surface area contributed by atoms with Crippen LogP contribution in [0.1, 0.15) is 33.3 Å². The molecule has 28 heavy (non-hydrogen) atoms. The van der Waals surface area contributed by atoms with E-state index in [0.29, 0.717) is 0 Å². The number of carbonyl (C=O) groups excluding carboxylic acids is 3. The van der Waals surface area contributed by atoms with E-state index in [9.17, 15) is 14.4 Å². The lowest BCUT2D eigenvalue weighted by atomic mass is 10.1. The summed E-state index contributed by atoms with van der Waals surface area (Å²) < 4.78 is 14.1. The smallest absolute Gasteiger partial charge is 0.408 e. The van der Waals surface area contributed by atoms with Gasteiger partial charge in [0, 0.05) is 0 Å². The van der Waals surface area contributed by atoms with E-state index in [0.717, 1.165) is 5.56 Å². The average Bonchev–Trinajstić information content (AvgIpc) is 2.69. The van der Waals surface area contributed by atoms with Crippen molar-refractivity contribution in [2.45, 2.75) is 46.4 Å². The molecule has 0 saturated heterocycles. The fourth-order valence-corrected chi connectivity index (χ4v) is 1.92. The number of benzene rings is 1. The Morgan fingerprint density at radius 3 is 1.86 bits per heavy atom. The van der Waals surface area contributed by atoms with E-state index in [2.05, 4.69) is 14.8 Å². The standard InChI is InChI=1S/C14H19NO4.C6H13NO2/c1-10(2)12(13(16)18-3)15-14(17)19-9-11-7-5-4-6-8-11;1-4(2)5(7)6(8)9-3/h4-8,10,12H,9H2,1-3H3,(H,15,17);4-5H,7H2,1-3H3/t12-;5-/m00/s1.